The topological polar surface area (TPSA) is 385 Å². The first-order chi connectivity index (χ1) is 51.2. The average molecular weight is 1560 g/mol. The second-order valence-corrected chi connectivity index (χ2v) is 31.7. The summed E-state index contributed by atoms with van der Waals surface area (Å²) in [6.45, 7) is 26.2. The molecule has 0 radical (unpaired) electrons. The molecule has 566 valence electrons. The number of aryl methyl sites for hydroxylation is 4. The van der Waals surface area contributed by atoms with Gasteiger partial charge < -0.3 is 65.4 Å². The van der Waals surface area contributed by atoms with Crippen LogP contribution in [0.4, 0.5) is 56.9 Å². The van der Waals surface area contributed by atoms with E-state index < -0.39 is 68.3 Å². The van der Waals surface area contributed by atoms with E-state index in [9.17, 15) is 57.8 Å². The zero-order chi connectivity index (χ0) is 79.1. The number of carboxylic acid groups (broad SMARTS) is 1. The molecule has 3 aliphatic heterocycles. The Kier molecular flexibility index (Phi) is 20.8. The molecule has 11 aromatic rings. The average Bonchev–Trinajstić information content (AvgIpc) is 1.21. The number of anilines is 10. The molecular formula is C77H75Cl4N13O15. The van der Waals surface area contributed by atoms with Crippen LogP contribution in [0.1, 0.15) is 178 Å². The van der Waals surface area contributed by atoms with E-state index in [4.69, 9.17) is 59.7 Å². The lowest BCUT2D eigenvalue weighted by atomic mass is 9.84. The zero-order valence-electron chi connectivity index (χ0n) is 61.3. The number of H-pyrrole nitrogens is 1. The van der Waals surface area contributed by atoms with E-state index in [0.717, 1.165) is 27.3 Å². The lowest BCUT2D eigenvalue weighted by molar-refractivity contribution is 0.0696. The molecule has 14 rings (SSSR count). The van der Waals surface area contributed by atoms with Gasteiger partial charge in [-0.2, -0.15) is 4.68 Å². The number of tetrazole rings is 1. The van der Waals surface area contributed by atoms with Gasteiger partial charge in [0.1, 0.15) is 62.9 Å². The Labute approximate surface area is 641 Å². The van der Waals surface area contributed by atoms with Crippen molar-refractivity contribution in [2.45, 2.75) is 134 Å². The number of amides is 3. The molecule has 3 aliphatic rings. The van der Waals surface area contributed by atoms with Gasteiger partial charge in [0, 0.05) is 51.4 Å². The minimum Gasteiger partial charge on any atom is -0.478 e. The fourth-order valence-electron chi connectivity index (χ4n) is 13.2. The molecule has 0 spiro atoms. The Morgan fingerprint density at radius 1 is 0.523 bits per heavy atom. The molecule has 3 atom stereocenters. The van der Waals surface area contributed by atoms with E-state index in [2.05, 4.69) is 52.7 Å². The highest BCUT2D eigenvalue weighted by Crippen LogP contribution is 2.45. The summed E-state index contributed by atoms with van der Waals surface area (Å²) in [4.78, 5) is 141. The van der Waals surface area contributed by atoms with Crippen molar-refractivity contribution >= 4 is 127 Å². The third-order valence-corrected chi connectivity index (χ3v) is 20.5. The number of carbonyl (C=O) groups excluding carboxylic acids is 3. The molecule has 0 saturated carbocycles. The van der Waals surface area contributed by atoms with E-state index in [0.29, 0.717) is 78.1 Å². The van der Waals surface area contributed by atoms with Crippen LogP contribution in [0.15, 0.2) is 132 Å². The number of nitrogens with one attached hydrogen (secondary N) is 8. The van der Waals surface area contributed by atoms with Crippen LogP contribution in [-0.2, 0) is 26.2 Å². The van der Waals surface area contributed by atoms with Gasteiger partial charge in [-0.3, -0.25) is 43.2 Å². The normalized spacial score (nSPS) is 14.2. The zero-order valence-corrected chi connectivity index (χ0v) is 64.3. The van der Waals surface area contributed by atoms with Crippen molar-refractivity contribution in [2.24, 2.45) is 16.2 Å². The summed E-state index contributed by atoms with van der Waals surface area (Å²) < 4.78 is 18.4. The van der Waals surface area contributed by atoms with Crippen molar-refractivity contribution in [3.63, 3.8) is 0 Å². The minimum atomic E-state index is -1.16. The van der Waals surface area contributed by atoms with Gasteiger partial charge in [0.25, 0.3) is 50.3 Å². The van der Waals surface area contributed by atoms with Crippen LogP contribution < -0.4 is 80.4 Å². The van der Waals surface area contributed by atoms with Gasteiger partial charge in [0.2, 0.25) is 0 Å². The number of hydrogen-bond acceptors (Lipinski definition) is 22. The molecule has 0 aliphatic carbocycles. The Morgan fingerprint density at radius 2 is 0.991 bits per heavy atom. The number of furan rings is 3. The number of carbonyl (C=O) groups is 4. The van der Waals surface area contributed by atoms with Crippen molar-refractivity contribution in [2.75, 3.05) is 43.3 Å². The summed E-state index contributed by atoms with van der Waals surface area (Å²) >= 11 is 25.0. The van der Waals surface area contributed by atoms with Gasteiger partial charge >= 0.3 is 11.7 Å². The van der Waals surface area contributed by atoms with Crippen molar-refractivity contribution in [3.8, 4) is 0 Å². The monoisotopic (exact) mass is 1560 g/mol. The first kappa shape index (κ1) is 77.3. The molecule has 3 amide bonds. The molecule has 32 heteroatoms. The number of nitrogens with zero attached hydrogens (tertiary/aromatic N) is 5. The molecule has 0 unspecified atom stereocenters. The number of aromatic nitrogens is 4. The van der Waals surface area contributed by atoms with Crippen molar-refractivity contribution in [1.29, 1.82) is 0 Å². The highest BCUT2D eigenvalue weighted by Gasteiger charge is 2.41. The Morgan fingerprint density at radius 3 is 1.44 bits per heavy atom. The highest BCUT2D eigenvalue weighted by molar-refractivity contribution is 6.34. The van der Waals surface area contributed by atoms with Crippen LogP contribution >= 0.6 is 46.4 Å². The fraction of sp³-hybridized carbons (Fsp3) is 0.312. The van der Waals surface area contributed by atoms with E-state index in [-0.39, 0.29) is 116 Å². The van der Waals surface area contributed by atoms with E-state index in [1.54, 1.807) is 67.6 Å². The number of rotatable bonds is 20. The number of aromatic amines is 1. The van der Waals surface area contributed by atoms with Crippen LogP contribution in [0.5, 0.6) is 0 Å². The Hall–Kier alpha value is -11.3. The SMILES string of the molecule is CC(C)(C)[C@@H](Nc1c(Nc2ccc(Cl)c3c2C(=O)NC3)c(=O)c1=O)c1ccc(Cl)o1.Cc1ccc(C(=O)O)c(N2Cc3c(Cl)ccc(Nc4c(N[C@@H](c5cc(C)c(C)o5)C(C)(C)C)c(=O)c4=O)c3C2=O)c1.Cc1ccc([C@H](Nc2c(Nc3ccc(Cl)c4c3C(=O)N(CCn3nn[nH]c3=O)C4)c(=O)c2=O)C(C)(C)C)o1. The molecule has 7 heterocycles. The predicted octanol–water partition coefficient (Wildman–Crippen LogP) is 13.3. The second-order valence-electron chi connectivity index (χ2n) is 30.1. The van der Waals surface area contributed by atoms with Gasteiger partial charge in [0.15, 0.2) is 5.22 Å². The number of hydrogen-bond donors (Lipinski definition) is 9. The van der Waals surface area contributed by atoms with Gasteiger partial charge in [-0.25, -0.2) is 14.7 Å². The largest absolute Gasteiger partial charge is 0.478 e. The maximum Gasteiger partial charge on any atom is 0.361 e. The summed E-state index contributed by atoms with van der Waals surface area (Å²) in [5.41, 5.74) is 0.560. The van der Waals surface area contributed by atoms with E-state index >= 15 is 0 Å². The molecule has 7 aromatic carbocycles. The van der Waals surface area contributed by atoms with Crippen LogP contribution in [0.25, 0.3) is 0 Å². The quantitative estimate of drug-likeness (QED) is 0.0320. The first-order valence-corrected chi connectivity index (χ1v) is 35.9. The van der Waals surface area contributed by atoms with Crippen LogP contribution in [0, 0.1) is 43.9 Å². The summed E-state index contributed by atoms with van der Waals surface area (Å²) in [6.07, 6.45) is 0. The van der Waals surface area contributed by atoms with Crippen molar-refractivity contribution in [3.05, 3.63) is 256 Å². The number of fused-ring (bicyclic) bond motifs is 3. The smallest absolute Gasteiger partial charge is 0.361 e. The minimum absolute atomic E-state index is 0.0204. The molecule has 28 nitrogen and oxygen atoms in total. The van der Waals surface area contributed by atoms with Crippen molar-refractivity contribution < 1.29 is 37.5 Å². The summed E-state index contributed by atoms with van der Waals surface area (Å²) in [6, 6.07) is 22.1. The molecule has 4 aromatic heterocycles. The van der Waals surface area contributed by atoms with E-state index in [1.807, 2.05) is 101 Å². The summed E-state index contributed by atoms with van der Waals surface area (Å²) in [5.74, 6) is 1.05. The number of carboxylic acids is 1. The third kappa shape index (κ3) is 15.0. The number of benzene rings is 4. The summed E-state index contributed by atoms with van der Waals surface area (Å²) in [7, 11) is 0. The molecule has 109 heavy (non-hydrogen) atoms. The molecule has 0 saturated heterocycles. The highest BCUT2D eigenvalue weighted by atomic mass is 35.5. The lowest BCUT2D eigenvalue weighted by Crippen LogP contribution is -2.39. The third-order valence-electron chi connectivity index (χ3n) is 19.2. The van der Waals surface area contributed by atoms with Crippen LogP contribution in [0.3, 0.4) is 0 Å². The maximum atomic E-state index is 13.7. The molecular weight excluding hydrogens is 1490 g/mol. The fourth-order valence-corrected chi connectivity index (χ4v) is 14.0. The number of halogens is 4. The molecule has 0 fully saturated rings. The molecule has 9 N–H and O–H groups in total. The van der Waals surface area contributed by atoms with E-state index in [1.165, 1.54) is 15.9 Å². The Bertz CT molecular complexity index is 5800. The van der Waals surface area contributed by atoms with Gasteiger partial charge in [-0.05, 0) is 156 Å². The van der Waals surface area contributed by atoms with Crippen LogP contribution in [0.2, 0.25) is 20.3 Å². The standard InChI is InChI=1S/C31H30ClN3O6.C25H26ClN7O5.C21H19Cl2N3O4/c1-14-7-8-17(30(39)40)21(11-14)35-13-18-19(32)9-10-20(23(18)29(35)38)33-24-25(27(37)26(24)36)34-28(31(4,5)6)22-12-15(2)16(3)41-22;1-12-5-8-16(38-12)22(25(2,3)4)28-19-18(20(34)21(19)35)27-15-7-6-14(26)13-11-32(23(36)17(13)15)9-10-33-24(37)29-30-31-33;1-21(2,3)19(12-6-7-13(23)30-12)26-16-15(17(27)18(16)28)25-11-5-4-10(22)9-8-24-20(29)14(9)11/h7-12,28,33-34H,13H2,1-6H3,(H,39,40);5-8,22,27-28H,9-11H2,1-4H3,(H,29,31,37);4-7,19,25-26H,8H2,1-3H3,(H,24,29)/t28-;22-;19-/m000/s1. The maximum absolute atomic E-state index is 13.7. The second kappa shape index (κ2) is 29.3. The number of aromatic carboxylic acids is 1. The first-order valence-electron chi connectivity index (χ1n) is 34.4. The Balaban J connectivity index is 0.000000154. The van der Waals surface area contributed by atoms with Gasteiger partial charge in [-0.15, -0.1) is 0 Å². The summed E-state index contributed by atoms with van der Waals surface area (Å²) in [5, 5.41) is 41.7. The molecule has 0 bridgehead atoms. The van der Waals surface area contributed by atoms with Crippen molar-refractivity contribution in [1.82, 2.24) is 30.4 Å². The predicted molar refractivity (Wildman–Crippen MR) is 416 cm³/mol. The lowest BCUT2D eigenvalue weighted by Gasteiger charge is -2.31. The van der Waals surface area contributed by atoms with Crippen LogP contribution in [-0.4, -0.2) is 60.4 Å². The van der Waals surface area contributed by atoms with Gasteiger partial charge in [-0.1, -0.05) is 103 Å². The van der Waals surface area contributed by atoms with Gasteiger partial charge in [0.05, 0.1) is 76.2 Å².